The van der Waals surface area contributed by atoms with Crippen LogP contribution in [-0.2, 0) is 0 Å². The summed E-state index contributed by atoms with van der Waals surface area (Å²) in [5.74, 6) is -0.520. The summed E-state index contributed by atoms with van der Waals surface area (Å²) in [6, 6.07) is 5.89. The average Bonchev–Trinajstić information content (AvgIpc) is 2.83. The van der Waals surface area contributed by atoms with E-state index in [4.69, 9.17) is 0 Å². The van der Waals surface area contributed by atoms with E-state index >= 15 is 0 Å². The van der Waals surface area contributed by atoms with Gasteiger partial charge in [0.05, 0.1) is 22.8 Å². The summed E-state index contributed by atoms with van der Waals surface area (Å²) in [5.41, 5.74) is 0.104. The summed E-state index contributed by atoms with van der Waals surface area (Å²) in [7, 11) is 0. The number of hydrogen-bond donors (Lipinski definition) is 1. The summed E-state index contributed by atoms with van der Waals surface area (Å²) in [6.07, 6.45) is 1.30. The minimum atomic E-state index is -0.561. The number of aromatic nitrogens is 2. The molecular weight excluding hydrogens is 244 g/mol. The second-order valence-corrected chi connectivity index (χ2v) is 3.58. The molecule has 1 N–H and O–H groups in total. The number of nitrogens with zero attached hydrogens (tertiary/aromatic N) is 3. The Hall–Kier alpha value is -2.35. The third-order valence-corrected chi connectivity index (χ3v) is 2.42. The predicted octanol–water partition coefficient (Wildman–Crippen LogP) is 1.70. The van der Waals surface area contributed by atoms with Crippen LogP contribution in [0.25, 0.3) is 0 Å². The van der Waals surface area contributed by atoms with Crippen LogP contribution in [0.2, 0.25) is 0 Å². The van der Waals surface area contributed by atoms with Gasteiger partial charge in [0.25, 0.3) is 11.6 Å². The van der Waals surface area contributed by atoms with Gasteiger partial charge in [-0.25, -0.2) is 0 Å². The van der Waals surface area contributed by atoms with E-state index in [9.17, 15) is 14.9 Å². The number of para-hydroxylation sites is 2. The molecule has 0 unspecified atom stereocenters. The van der Waals surface area contributed by atoms with Crippen molar-refractivity contribution in [2.45, 2.75) is 0 Å². The fourth-order valence-corrected chi connectivity index (χ4v) is 1.60. The third kappa shape index (κ3) is 2.42. The van der Waals surface area contributed by atoms with Gasteiger partial charge >= 0.3 is 0 Å². The molecule has 0 aliphatic heterocycles. The first-order chi connectivity index (χ1) is 8.18. The van der Waals surface area contributed by atoms with E-state index in [0.717, 1.165) is 11.7 Å². The maximum absolute atomic E-state index is 11.6. The average molecular weight is 250 g/mol. The molecule has 0 saturated carbocycles. The van der Waals surface area contributed by atoms with Crippen LogP contribution in [0.15, 0.2) is 30.5 Å². The van der Waals surface area contributed by atoms with E-state index < -0.39 is 10.8 Å². The van der Waals surface area contributed by atoms with E-state index in [1.54, 1.807) is 6.07 Å². The van der Waals surface area contributed by atoms with Crippen LogP contribution in [0.1, 0.15) is 10.5 Å². The third-order valence-electron chi connectivity index (χ3n) is 1.94. The highest BCUT2D eigenvalue weighted by Crippen LogP contribution is 2.23. The Morgan fingerprint density at radius 3 is 2.82 bits per heavy atom. The Balaban J connectivity index is 2.25. The Bertz CT molecular complexity index is 555. The van der Waals surface area contributed by atoms with Gasteiger partial charge in [0, 0.05) is 6.07 Å². The van der Waals surface area contributed by atoms with Gasteiger partial charge in [-0.2, -0.15) is 8.75 Å². The molecule has 0 radical (unpaired) electrons. The second-order valence-electron chi connectivity index (χ2n) is 3.02. The minimum absolute atomic E-state index is 0.133. The van der Waals surface area contributed by atoms with Gasteiger partial charge in [-0.3, -0.25) is 14.9 Å². The highest BCUT2D eigenvalue weighted by atomic mass is 32.1. The first kappa shape index (κ1) is 11.1. The first-order valence-electron chi connectivity index (χ1n) is 4.51. The smallest absolute Gasteiger partial charge is 0.292 e. The molecule has 0 saturated heterocycles. The lowest BCUT2D eigenvalue weighted by Crippen LogP contribution is -2.13. The van der Waals surface area contributed by atoms with E-state index in [1.807, 2.05) is 0 Å². The van der Waals surface area contributed by atoms with E-state index in [-0.39, 0.29) is 17.1 Å². The Kier molecular flexibility index (Phi) is 3.06. The molecular formula is C9H6N4O3S. The van der Waals surface area contributed by atoms with Crippen molar-refractivity contribution < 1.29 is 9.72 Å². The SMILES string of the molecule is O=C(Nc1ccccc1[N+](=O)[O-])c1cnsn1. The van der Waals surface area contributed by atoms with Gasteiger partial charge in [0.2, 0.25) is 0 Å². The highest BCUT2D eigenvalue weighted by Gasteiger charge is 2.16. The minimum Gasteiger partial charge on any atom is -0.315 e. The van der Waals surface area contributed by atoms with Crippen molar-refractivity contribution in [2.75, 3.05) is 5.32 Å². The fourth-order valence-electron chi connectivity index (χ4n) is 1.19. The van der Waals surface area contributed by atoms with Crippen molar-refractivity contribution in [3.8, 4) is 0 Å². The molecule has 0 spiro atoms. The van der Waals surface area contributed by atoms with Crippen molar-refractivity contribution in [3.63, 3.8) is 0 Å². The number of benzene rings is 1. The monoisotopic (exact) mass is 250 g/mol. The number of hydrogen-bond acceptors (Lipinski definition) is 6. The normalized spacial score (nSPS) is 9.88. The highest BCUT2D eigenvalue weighted by molar-refractivity contribution is 6.99. The van der Waals surface area contributed by atoms with Crippen LogP contribution < -0.4 is 5.32 Å². The maximum atomic E-state index is 11.6. The number of amides is 1. The van der Waals surface area contributed by atoms with Crippen molar-refractivity contribution in [3.05, 3.63) is 46.3 Å². The second kappa shape index (κ2) is 4.66. The van der Waals surface area contributed by atoms with Crippen molar-refractivity contribution in [1.29, 1.82) is 0 Å². The molecule has 2 rings (SSSR count). The van der Waals surface area contributed by atoms with Gasteiger partial charge in [-0.1, -0.05) is 12.1 Å². The standard InChI is InChI=1S/C9H6N4O3S/c14-9(7-5-10-17-12-7)11-6-3-1-2-4-8(6)13(15)16/h1-5H,(H,11,14). The van der Waals surface area contributed by atoms with E-state index in [0.29, 0.717) is 0 Å². The van der Waals surface area contributed by atoms with Crippen LogP contribution in [0.5, 0.6) is 0 Å². The lowest BCUT2D eigenvalue weighted by Gasteiger charge is -2.03. The Labute approximate surface area is 99.6 Å². The number of carbonyl (C=O) groups excluding carboxylic acids is 1. The first-order valence-corrected chi connectivity index (χ1v) is 5.24. The molecule has 0 aliphatic carbocycles. The van der Waals surface area contributed by atoms with Crippen LogP contribution in [0.4, 0.5) is 11.4 Å². The summed E-state index contributed by atoms with van der Waals surface area (Å²) in [5, 5.41) is 13.1. The molecule has 1 heterocycles. The zero-order valence-corrected chi connectivity index (χ0v) is 9.18. The molecule has 8 heteroatoms. The lowest BCUT2D eigenvalue weighted by molar-refractivity contribution is -0.383. The van der Waals surface area contributed by atoms with Crippen LogP contribution in [0.3, 0.4) is 0 Å². The fraction of sp³-hybridized carbons (Fsp3) is 0. The van der Waals surface area contributed by atoms with Gasteiger partial charge in [-0.05, 0) is 6.07 Å². The molecule has 0 atom stereocenters. The molecule has 0 aliphatic rings. The van der Waals surface area contributed by atoms with Crippen molar-refractivity contribution >= 4 is 29.0 Å². The van der Waals surface area contributed by atoms with Crippen LogP contribution in [0, 0.1) is 10.1 Å². The molecule has 7 nitrogen and oxygen atoms in total. The Morgan fingerprint density at radius 2 is 2.18 bits per heavy atom. The molecule has 1 aromatic carbocycles. The maximum Gasteiger partial charge on any atom is 0.292 e. The van der Waals surface area contributed by atoms with Gasteiger partial charge in [0.15, 0.2) is 5.69 Å². The topological polar surface area (TPSA) is 98.0 Å². The van der Waals surface area contributed by atoms with Gasteiger partial charge < -0.3 is 5.32 Å². The molecule has 2 aromatic rings. The number of nitro groups is 1. The molecule has 1 amide bonds. The van der Waals surface area contributed by atoms with Crippen LogP contribution in [-0.4, -0.2) is 19.6 Å². The van der Waals surface area contributed by atoms with Crippen molar-refractivity contribution in [2.24, 2.45) is 0 Å². The molecule has 0 fully saturated rings. The quantitative estimate of drug-likeness (QED) is 0.660. The number of carbonyl (C=O) groups is 1. The largest absolute Gasteiger partial charge is 0.315 e. The molecule has 1 aromatic heterocycles. The zero-order chi connectivity index (χ0) is 12.3. The molecule has 0 bridgehead atoms. The van der Waals surface area contributed by atoms with Crippen molar-refractivity contribution in [1.82, 2.24) is 8.75 Å². The van der Waals surface area contributed by atoms with E-state index in [2.05, 4.69) is 14.1 Å². The number of nitrogens with one attached hydrogen (secondary N) is 1. The summed E-state index contributed by atoms with van der Waals surface area (Å²) >= 11 is 0.894. The zero-order valence-electron chi connectivity index (χ0n) is 8.36. The van der Waals surface area contributed by atoms with Gasteiger partial charge in [0.1, 0.15) is 5.69 Å². The molecule has 86 valence electrons. The van der Waals surface area contributed by atoms with Crippen LogP contribution >= 0.6 is 11.7 Å². The van der Waals surface area contributed by atoms with E-state index in [1.165, 1.54) is 24.4 Å². The Morgan fingerprint density at radius 1 is 1.41 bits per heavy atom. The summed E-state index contributed by atoms with van der Waals surface area (Å²) < 4.78 is 7.41. The lowest BCUT2D eigenvalue weighted by atomic mass is 10.2. The number of rotatable bonds is 3. The summed E-state index contributed by atoms with van der Waals surface area (Å²) in [4.78, 5) is 21.8. The number of nitro benzene ring substituents is 1. The van der Waals surface area contributed by atoms with Gasteiger partial charge in [-0.15, -0.1) is 0 Å². The number of anilines is 1. The predicted molar refractivity (Wildman–Crippen MR) is 61.0 cm³/mol. The summed E-state index contributed by atoms with van der Waals surface area (Å²) in [6.45, 7) is 0. The molecule has 17 heavy (non-hydrogen) atoms.